The van der Waals surface area contributed by atoms with Crippen LogP contribution in [0.15, 0.2) is 54.6 Å². The topological polar surface area (TPSA) is 75.1 Å². The molecule has 0 amide bonds. The van der Waals surface area contributed by atoms with Crippen molar-refractivity contribution >= 4 is 33.3 Å². The second-order valence-corrected chi connectivity index (χ2v) is 8.68. The Morgan fingerprint density at radius 2 is 1.65 bits per heavy atom. The van der Waals surface area contributed by atoms with E-state index in [-0.39, 0.29) is 0 Å². The van der Waals surface area contributed by atoms with Crippen LogP contribution in [0, 0.1) is 13.8 Å². The number of anilines is 1. The van der Waals surface area contributed by atoms with Crippen molar-refractivity contribution < 1.29 is 9.90 Å². The van der Waals surface area contributed by atoms with Crippen LogP contribution in [0.3, 0.4) is 0 Å². The normalized spacial score (nSPS) is 11.0. The predicted molar refractivity (Wildman–Crippen MR) is 126 cm³/mol. The van der Waals surface area contributed by atoms with Crippen molar-refractivity contribution in [1.82, 2.24) is 9.97 Å². The molecule has 0 unspecified atom stereocenters. The number of aromatic carboxylic acids is 1. The van der Waals surface area contributed by atoms with Crippen LogP contribution in [0.2, 0.25) is 0 Å². The molecular formula is C25H25N3O2S. The number of carbonyl (C=O) groups is 1. The van der Waals surface area contributed by atoms with E-state index in [9.17, 15) is 9.90 Å². The van der Waals surface area contributed by atoms with Gasteiger partial charge in [-0.2, -0.15) is 0 Å². The largest absolute Gasteiger partial charge is 0.477 e. The molecule has 0 saturated carbocycles. The average molecular weight is 432 g/mol. The highest BCUT2D eigenvalue weighted by Crippen LogP contribution is 2.34. The maximum absolute atomic E-state index is 11.7. The molecule has 158 valence electrons. The van der Waals surface area contributed by atoms with E-state index in [0.29, 0.717) is 17.8 Å². The monoisotopic (exact) mass is 431 g/mol. The zero-order valence-electron chi connectivity index (χ0n) is 17.7. The van der Waals surface area contributed by atoms with Gasteiger partial charge in [-0.1, -0.05) is 60.2 Å². The third-order valence-corrected chi connectivity index (χ3v) is 6.51. The van der Waals surface area contributed by atoms with E-state index in [1.807, 2.05) is 25.1 Å². The Morgan fingerprint density at radius 3 is 2.35 bits per heavy atom. The van der Waals surface area contributed by atoms with Gasteiger partial charge in [0.2, 0.25) is 0 Å². The van der Waals surface area contributed by atoms with Crippen LogP contribution in [0.5, 0.6) is 0 Å². The summed E-state index contributed by atoms with van der Waals surface area (Å²) in [6.45, 7) is 4.63. The predicted octanol–water partition coefficient (Wildman–Crippen LogP) is 5.45. The molecule has 6 heteroatoms. The SMILES string of the molecule is Cc1ccc(CCNc2nc(CCc3ccccc3)nc3sc(C(=O)O)c(C)c23)cc1. The second-order valence-electron chi connectivity index (χ2n) is 7.68. The number of rotatable bonds is 8. The lowest BCUT2D eigenvalue weighted by molar-refractivity contribution is 0.0701. The molecule has 2 aromatic heterocycles. The van der Waals surface area contributed by atoms with E-state index in [4.69, 9.17) is 9.97 Å². The first-order valence-corrected chi connectivity index (χ1v) is 11.2. The Morgan fingerprint density at radius 1 is 0.935 bits per heavy atom. The molecule has 0 aliphatic carbocycles. The Balaban J connectivity index is 1.60. The summed E-state index contributed by atoms with van der Waals surface area (Å²) in [4.78, 5) is 22.2. The lowest BCUT2D eigenvalue weighted by Gasteiger charge is -2.10. The van der Waals surface area contributed by atoms with Crippen molar-refractivity contribution in [3.63, 3.8) is 0 Å². The van der Waals surface area contributed by atoms with Crippen LogP contribution in [0.4, 0.5) is 5.82 Å². The minimum atomic E-state index is -0.919. The maximum Gasteiger partial charge on any atom is 0.346 e. The summed E-state index contributed by atoms with van der Waals surface area (Å²) in [7, 11) is 0. The van der Waals surface area contributed by atoms with Crippen LogP contribution in [0.25, 0.3) is 10.2 Å². The van der Waals surface area contributed by atoms with Crippen LogP contribution < -0.4 is 5.32 Å². The molecule has 0 aliphatic heterocycles. The molecule has 0 atom stereocenters. The zero-order chi connectivity index (χ0) is 21.8. The Labute approximate surface area is 185 Å². The first kappa shape index (κ1) is 21.0. The lowest BCUT2D eigenvalue weighted by atomic mass is 10.1. The second kappa shape index (κ2) is 9.27. The Hall–Kier alpha value is -3.25. The molecule has 2 heterocycles. The average Bonchev–Trinajstić information content (AvgIpc) is 3.11. The van der Waals surface area contributed by atoms with Gasteiger partial charge >= 0.3 is 5.97 Å². The van der Waals surface area contributed by atoms with Gasteiger partial charge in [-0.25, -0.2) is 14.8 Å². The van der Waals surface area contributed by atoms with E-state index >= 15 is 0 Å². The minimum Gasteiger partial charge on any atom is -0.477 e. The van der Waals surface area contributed by atoms with E-state index in [1.165, 1.54) is 28.0 Å². The van der Waals surface area contributed by atoms with Crippen molar-refractivity contribution in [3.8, 4) is 0 Å². The number of benzene rings is 2. The summed E-state index contributed by atoms with van der Waals surface area (Å²) in [5, 5.41) is 13.8. The van der Waals surface area contributed by atoms with Gasteiger partial charge < -0.3 is 10.4 Å². The van der Waals surface area contributed by atoms with E-state index in [2.05, 4.69) is 48.6 Å². The number of fused-ring (bicyclic) bond motifs is 1. The molecular weight excluding hydrogens is 406 g/mol. The van der Waals surface area contributed by atoms with Gasteiger partial charge in [-0.15, -0.1) is 11.3 Å². The van der Waals surface area contributed by atoms with Crippen molar-refractivity contribution in [2.24, 2.45) is 0 Å². The van der Waals surface area contributed by atoms with E-state index < -0.39 is 5.97 Å². The molecule has 0 fully saturated rings. The molecule has 0 saturated heterocycles. The number of carboxylic acids is 1. The number of nitrogens with one attached hydrogen (secondary N) is 1. The molecule has 4 rings (SSSR count). The van der Waals surface area contributed by atoms with E-state index in [1.54, 1.807) is 0 Å². The van der Waals surface area contributed by atoms with Crippen molar-refractivity contribution in [2.45, 2.75) is 33.1 Å². The summed E-state index contributed by atoms with van der Waals surface area (Å²) in [5.74, 6) is 0.533. The van der Waals surface area contributed by atoms with E-state index in [0.717, 1.165) is 40.3 Å². The van der Waals surface area contributed by atoms with Gasteiger partial charge in [0, 0.05) is 13.0 Å². The minimum absolute atomic E-state index is 0.325. The van der Waals surface area contributed by atoms with Crippen molar-refractivity contribution in [3.05, 3.63) is 87.6 Å². The zero-order valence-corrected chi connectivity index (χ0v) is 18.5. The quantitative estimate of drug-likeness (QED) is 0.388. The van der Waals surface area contributed by atoms with Crippen LogP contribution in [-0.4, -0.2) is 27.6 Å². The van der Waals surface area contributed by atoms with Crippen LogP contribution >= 0.6 is 11.3 Å². The van der Waals surface area contributed by atoms with Gasteiger partial charge in [0.1, 0.15) is 21.3 Å². The maximum atomic E-state index is 11.7. The van der Waals surface area contributed by atoms with Crippen LogP contribution in [-0.2, 0) is 19.3 Å². The number of nitrogens with zero attached hydrogens (tertiary/aromatic N) is 2. The fourth-order valence-electron chi connectivity index (χ4n) is 3.61. The number of thiophene rings is 1. The molecule has 4 aromatic rings. The summed E-state index contributed by atoms with van der Waals surface area (Å²) in [6.07, 6.45) is 2.40. The first-order chi connectivity index (χ1) is 15.0. The fraction of sp³-hybridized carbons (Fsp3) is 0.240. The fourth-order valence-corrected chi connectivity index (χ4v) is 4.65. The third kappa shape index (κ3) is 4.91. The molecule has 31 heavy (non-hydrogen) atoms. The Kier molecular flexibility index (Phi) is 6.28. The van der Waals surface area contributed by atoms with Crippen LogP contribution in [0.1, 0.15) is 37.7 Å². The molecule has 2 N–H and O–H groups in total. The molecule has 5 nitrogen and oxygen atoms in total. The third-order valence-electron chi connectivity index (χ3n) is 5.34. The molecule has 0 spiro atoms. The number of aryl methyl sites for hydroxylation is 4. The number of hydrogen-bond acceptors (Lipinski definition) is 5. The van der Waals surface area contributed by atoms with Gasteiger partial charge in [0.15, 0.2) is 0 Å². The molecule has 2 aromatic carbocycles. The van der Waals surface area contributed by atoms with Gasteiger partial charge in [-0.3, -0.25) is 0 Å². The van der Waals surface area contributed by atoms with Crippen molar-refractivity contribution in [2.75, 3.05) is 11.9 Å². The number of hydrogen-bond donors (Lipinski definition) is 2. The highest BCUT2D eigenvalue weighted by atomic mass is 32.1. The van der Waals surface area contributed by atoms with Gasteiger partial charge in [0.05, 0.1) is 5.39 Å². The molecule has 0 radical (unpaired) electrons. The number of carboxylic acid groups (broad SMARTS) is 1. The van der Waals surface area contributed by atoms with Crippen molar-refractivity contribution in [1.29, 1.82) is 0 Å². The summed E-state index contributed by atoms with van der Waals surface area (Å²) >= 11 is 1.22. The van der Waals surface area contributed by atoms with Gasteiger partial charge in [-0.05, 0) is 43.4 Å². The smallest absolute Gasteiger partial charge is 0.346 e. The summed E-state index contributed by atoms with van der Waals surface area (Å²) < 4.78 is 0. The number of aromatic nitrogens is 2. The first-order valence-electron chi connectivity index (χ1n) is 10.4. The molecule has 0 bridgehead atoms. The summed E-state index contributed by atoms with van der Waals surface area (Å²) in [5.41, 5.74) is 4.45. The highest BCUT2D eigenvalue weighted by molar-refractivity contribution is 7.20. The van der Waals surface area contributed by atoms with Gasteiger partial charge in [0.25, 0.3) is 0 Å². The Bertz CT molecular complexity index is 1200. The standard InChI is InChI=1S/C25H25N3O2S/c1-16-8-10-19(11-9-16)14-15-26-23-21-17(2)22(25(29)30)31-24(21)28-20(27-23)13-12-18-6-4-3-5-7-18/h3-11H,12-15H2,1-2H3,(H,29,30)(H,26,27,28). The highest BCUT2D eigenvalue weighted by Gasteiger charge is 2.20. The lowest BCUT2D eigenvalue weighted by Crippen LogP contribution is -2.09. The molecule has 0 aliphatic rings. The summed E-state index contributed by atoms with van der Waals surface area (Å²) in [6, 6.07) is 18.7.